The van der Waals surface area contributed by atoms with E-state index >= 15 is 0 Å². The van der Waals surface area contributed by atoms with Crippen molar-refractivity contribution < 1.29 is 0 Å². The molecule has 0 bridgehead atoms. The third-order valence-corrected chi connectivity index (χ3v) is 13.2. The molecule has 5 nitrogen and oxygen atoms in total. The zero-order valence-electron chi connectivity index (χ0n) is 28.3. The molecule has 0 atom stereocenters. The molecule has 3 heterocycles. The van der Waals surface area contributed by atoms with Crippen molar-refractivity contribution in [3.05, 3.63) is 164 Å². The lowest BCUT2D eigenvalue weighted by Crippen LogP contribution is -2.50. The van der Waals surface area contributed by atoms with Crippen molar-refractivity contribution >= 4 is 18.4 Å². The molecule has 0 amide bonds. The molecule has 0 saturated carbocycles. The summed E-state index contributed by atoms with van der Waals surface area (Å²) in [6.07, 6.45) is 0. The molecule has 6 aromatic carbocycles. The van der Waals surface area contributed by atoms with E-state index in [1.54, 1.807) is 0 Å². The van der Waals surface area contributed by atoms with E-state index in [0.29, 0.717) is 17.5 Å². The first-order valence-corrected chi connectivity index (χ1v) is 20.2. The molecule has 242 valence electrons. The molecule has 8 aromatic rings. The van der Waals surface area contributed by atoms with Crippen LogP contribution in [0.3, 0.4) is 0 Å². The third-order valence-electron chi connectivity index (χ3n) is 9.71. The minimum absolute atomic E-state index is 0.626. The number of fused-ring (bicyclic) bond motifs is 3. The van der Waals surface area contributed by atoms with E-state index < -0.39 is 8.07 Å². The molecule has 6 heteroatoms. The van der Waals surface area contributed by atoms with Gasteiger partial charge in [-0.25, -0.2) is 24.9 Å². The standard InChI is InChI=1S/C45H33N5Si/c1-51(2)38-27-13-12-26-37(38)40-41(51)39(30-16-6-3-7-17-30)46-44(47-40)35-24-14-22-33(28-35)34-23-15-25-36(29-34)45-49-42(31-18-8-4-9-19-31)48-43(50-45)32-20-10-5-11-21-32/h3-29H,1-2H3. The largest absolute Gasteiger partial charge is 0.228 e. The van der Waals surface area contributed by atoms with Gasteiger partial charge in [0.15, 0.2) is 23.3 Å². The SMILES string of the molecule is C[Si]1(C)c2ccccc2-c2nc(-c3cccc(-c4cccc(-c5nc(-c6ccccc6)nc(-c6ccccc6)n5)c4)c3)nc(-c3ccccc3)c21. The minimum atomic E-state index is -2.03. The molecular formula is C45H33N5Si. The lowest BCUT2D eigenvalue weighted by Gasteiger charge is -2.21. The van der Waals surface area contributed by atoms with Crippen LogP contribution in [0.2, 0.25) is 13.1 Å². The summed E-state index contributed by atoms with van der Waals surface area (Å²) in [6, 6.07) is 56.4. The molecule has 1 aliphatic rings. The molecule has 2 aromatic heterocycles. The number of rotatable bonds is 6. The molecule has 51 heavy (non-hydrogen) atoms. The topological polar surface area (TPSA) is 64.5 Å². The van der Waals surface area contributed by atoms with Gasteiger partial charge in [-0.1, -0.05) is 165 Å². The van der Waals surface area contributed by atoms with E-state index in [0.717, 1.165) is 56.2 Å². The second-order valence-corrected chi connectivity index (χ2v) is 17.6. The van der Waals surface area contributed by atoms with Gasteiger partial charge in [-0.05, 0) is 39.2 Å². The maximum atomic E-state index is 5.34. The molecular weight excluding hydrogens is 639 g/mol. The van der Waals surface area contributed by atoms with Gasteiger partial charge in [-0.3, -0.25) is 0 Å². The summed E-state index contributed by atoms with van der Waals surface area (Å²) in [5.74, 6) is 2.63. The lowest BCUT2D eigenvalue weighted by molar-refractivity contribution is 1.07. The Morgan fingerprint density at radius 2 is 0.725 bits per heavy atom. The number of aromatic nitrogens is 5. The van der Waals surface area contributed by atoms with Gasteiger partial charge in [-0.2, -0.15) is 0 Å². The molecule has 0 N–H and O–H groups in total. The first-order chi connectivity index (χ1) is 25.0. The molecule has 0 aliphatic carbocycles. The molecule has 1 aliphatic heterocycles. The van der Waals surface area contributed by atoms with E-state index in [4.69, 9.17) is 24.9 Å². The maximum absolute atomic E-state index is 5.34. The van der Waals surface area contributed by atoms with Crippen molar-refractivity contribution in [1.82, 2.24) is 24.9 Å². The lowest BCUT2D eigenvalue weighted by atomic mass is 10.00. The summed E-state index contributed by atoms with van der Waals surface area (Å²) in [5, 5.41) is 2.72. The van der Waals surface area contributed by atoms with Crippen molar-refractivity contribution in [1.29, 1.82) is 0 Å². The van der Waals surface area contributed by atoms with Crippen LogP contribution in [0.1, 0.15) is 0 Å². The first-order valence-electron chi connectivity index (χ1n) is 17.2. The highest BCUT2D eigenvalue weighted by atomic mass is 28.3. The van der Waals surface area contributed by atoms with E-state index in [9.17, 15) is 0 Å². The molecule has 0 unspecified atom stereocenters. The van der Waals surface area contributed by atoms with E-state index in [2.05, 4.69) is 116 Å². The smallest absolute Gasteiger partial charge is 0.164 e. The number of hydrogen-bond donors (Lipinski definition) is 0. The van der Waals surface area contributed by atoms with Crippen molar-refractivity contribution in [2.24, 2.45) is 0 Å². The van der Waals surface area contributed by atoms with Crippen molar-refractivity contribution in [2.45, 2.75) is 13.1 Å². The van der Waals surface area contributed by atoms with Crippen LogP contribution in [-0.4, -0.2) is 33.0 Å². The number of nitrogens with zero attached hydrogens (tertiary/aromatic N) is 5. The Bertz CT molecular complexity index is 2490. The Labute approximate surface area is 298 Å². The quantitative estimate of drug-likeness (QED) is 0.165. The summed E-state index contributed by atoms with van der Waals surface area (Å²) in [4.78, 5) is 25.4. The maximum Gasteiger partial charge on any atom is 0.164 e. The van der Waals surface area contributed by atoms with Gasteiger partial charge in [-0.15, -0.1) is 0 Å². The van der Waals surface area contributed by atoms with Gasteiger partial charge in [0, 0.05) is 27.8 Å². The van der Waals surface area contributed by atoms with Crippen LogP contribution in [-0.2, 0) is 0 Å². The Balaban J connectivity index is 1.15. The van der Waals surface area contributed by atoms with Crippen LogP contribution in [0, 0.1) is 0 Å². The zero-order valence-corrected chi connectivity index (χ0v) is 29.3. The monoisotopic (exact) mass is 671 g/mol. The molecule has 0 radical (unpaired) electrons. The fraction of sp³-hybridized carbons (Fsp3) is 0.0444. The van der Waals surface area contributed by atoms with Gasteiger partial charge >= 0.3 is 0 Å². The fourth-order valence-corrected chi connectivity index (χ4v) is 10.4. The van der Waals surface area contributed by atoms with E-state index in [1.165, 1.54) is 15.9 Å². The first kappa shape index (κ1) is 30.7. The Hall–Kier alpha value is -6.37. The Morgan fingerprint density at radius 3 is 1.27 bits per heavy atom. The van der Waals surface area contributed by atoms with Crippen LogP contribution >= 0.6 is 0 Å². The van der Waals surface area contributed by atoms with Crippen molar-refractivity contribution in [3.63, 3.8) is 0 Å². The highest BCUT2D eigenvalue weighted by Crippen LogP contribution is 2.35. The van der Waals surface area contributed by atoms with Gasteiger partial charge in [0.1, 0.15) is 8.07 Å². The van der Waals surface area contributed by atoms with Crippen LogP contribution in [0.4, 0.5) is 0 Å². The fourth-order valence-electron chi connectivity index (χ4n) is 7.16. The number of benzene rings is 6. The predicted molar refractivity (Wildman–Crippen MR) is 210 cm³/mol. The Kier molecular flexibility index (Phi) is 7.52. The Morgan fingerprint density at radius 1 is 0.333 bits per heavy atom. The molecule has 9 rings (SSSR count). The number of hydrogen-bond acceptors (Lipinski definition) is 5. The van der Waals surface area contributed by atoms with Crippen LogP contribution in [0.15, 0.2) is 164 Å². The van der Waals surface area contributed by atoms with Gasteiger partial charge in [0.25, 0.3) is 0 Å². The highest BCUT2D eigenvalue weighted by molar-refractivity contribution is 7.04. The average molecular weight is 672 g/mol. The van der Waals surface area contributed by atoms with Crippen LogP contribution in [0.25, 0.3) is 79.2 Å². The van der Waals surface area contributed by atoms with Crippen molar-refractivity contribution in [3.8, 4) is 79.2 Å². The summed E-state index contributed by atoms with van der Waals surface area (Å²) in [5.41, 5.74) is 10.4. The van der Waals surface area contributed by atoms with Crippen LogP contribution in [0.5, 0.6) is 0 Å². The third kappa shape index (κ3) is 5.56. The second-order valence-electron chi connectivity index (χ2n) is 13.4. The summed E-state index contributed by atoms with van der Waals surface area (Å²) < 4.78 is 0. The summed E-state index contributed by atoms with van der Waals surface area (Å²) in [6.45, 7) is 4.83. The molecule has 0 saturated heterocycles. The van der Waals surface area contributed by atoms with Crippen LogP contribution < -0.4 is 10.4 Å². The molecule has 0 fully saturated rings. The average Bonchev–Trinajstić information content (AvgIpc) is 3.44. The normalized spacial score (nSPS) is 12.7. The predicted octanol–water partition coefficient (Wildman–Crippen LogP) is 9.47. The van der Waals surface area contributed by atoms with E-state index in [-0.39, 0.29) is 0 Å². The second kappa shape index (κ2) is 12.5. The van der Waals surface area contributed by atoms with Gasteiger partial charge < -0.3 is 0 Å². The summed E-state index contributed by atoms with van der Waals surface area (Å²) in [7, 11) is -2.03. The molecule has 0 spiro atoms. The minimum Gasteiger partial charge on any atom is -0.228 e. The van der Waals surface area contributed by atoms with Gasteiger partial charge in [0.05, 0.1) is 11.4 Å². The van der Waals surface area contributed by atoms with Crippen molar-refractivity contribution in [2.75, 3.05) is 0 Å². The highest BCUT2D eigenvalue weighted by Gasteiger charge is 2.41. The van der Waals surface area contributed by atoms with Gasteiger partial charge in [0.2, 0.25) is 0 Å². The zero-order chi connectivity index (χ0) is 34.4. The van der Waals surface area contributed by atoms with E-state index in [1.807, 2.05) is 60.7 Å². The summed E-state index contributed by atoms with van der Waals surface area (Å²) >= 11 is 0.